The highest BCUT2D eigenvalue weighted by molar-refractivity contribution is 6.24. The molecule has 2 aliphatic heterocycles. The summed E-state index contributed by atoms with van der Waals surface area (Å²) in [6.45, 7) is 2.71. The number of hydroxylamine groups is 1. The average molecular weight is 533 g/mol. The first kappa shape index (κ1) is 26.4. The molecule has 39 heavy (non-hydrogen) atoms. The van der Waals surface area contributed by atoms with E-state index >= 15 is 0 Å². The lowest BCUT2D eigenvalue weighted by atomic mass is 9.89. The largest absolute Gasteiger partial charge is 0.496 e. The van der Waals surface area contributed by atoms with Crippen LogP contribution in [-0.4, -0.2) is 45.9 Å². The summed E-state index contributed by atoms with van der Waals surface area (Å²) in [5, 5.41) is 1.62. The quantitative estimate of drug-likeness (QED) is 0.268. The van der Waals surface area contributed by atoms with Gasteiger partial charge in [-0.15, -0.1) is 0 Å². The molecule has 9 heteroatoms. The Morgan fingerprint density at radius 2 is 1.46 bits per heavy atom. The van der Waals surface area contributed by atoms with Gasteiger partial charge in [-0.3, -0.25) is 14.4 Å². The third-order valence-electron chi connectivity index (χ3n) is 7.04. The fourth-order valence-electron chi connectivity index (χ4n) is 5.09. The lowest BCUT2D eigenvalue weighted by Gasteiger charge is -2.30. The van der Waals surface area contributed by atoms with Crippen LogP contribution in [0.25, 0.3) is 0 Å². The number of hydrogen-bond donors (Lipinski definition) is 0. The number of anilines is 2. The minimum Gasteiger partial charge on any atom is -0.496 e. The first-order chi connectivity index (χ1) is 19.0. The van der Waals surface area contributed by atoms with Gasteiger partial charge in [-0.05, 0) is 48.9 Å². The number of nitrogens with zero attached hydrogens (tertiary/aromatic N) is 2. The molecule has 3 aromatic rings. The lowest BCUT2D eigenvalue weighted by molar-refractivity contribution is -0.126. The SMILES string of the molecule is CCCCOc1ccc(N2C(=O)[C@H]3[C@H](ON(c4ccccc4)[C@H]3c3cc(OC)c(OC)cc3OC)C2=O)cc1. The zero-order valence-corrected chi connectivity index (χ0v) is 22.5. The van der Waals surface area contributed by atoms with Gasteiger partial charge >= 0.3 is 0 Å². The zero-order chi connectivity index (χ0) is 27.5. The maximum absolute atomic E-state index is 14.0. The van der Waals surface area contributed by atoms with Crippen LogP contribution in [0.15, 0.2) is 66.7 Å². The van der Waals surface area contributed by atoms with Crippen molar-refractivity contribution in [1.29, 1.82) is 0 Å². The third-order valence-corrected chi connectivity index (χ3v) is 7.04. The molecule has 5 rings (SSSR count). The van der Waals surface area contributed by atoms with Crippen molar-refractivity contribution in [2.45, 2.75) is 31.9 Å². The van der Waals surface area contributed by atoms with Gasteiger partial charge in [0.2, 0.25) is 5.91 Å². The summed E-state index contributed by atoms with van der Waals surface area (Å²) >= 11 is 0. The zero-order valence-electron chi connectivity index (χ0n) is 22.5. The van der Waals surface area contributed by atoms with Crippen molar-refractivity contribution in [2.24, 2.45) is 5.92 Å². The van der Waals surface area contributed by atoms with Gasteiger partial charge in [0.25, 0.3) is 5.91 Å². The molecule has 0 N–H and O–H groups in total. The predicted molar refractivity (Wildman–Crippen MR) is 145 cm³/mol. The standard InChI is InChI=1S/C30H32N2O7/c1-5-6-16-38-21-14-12-19(13-15-21)31-29(33)26-27(22-17-24(36-3)25(37-4)18-23(22)35-2)32(39-28(26)30(31)34)20-10-8-7-9-11-20/h7-15,17-18,26-28H,5-6,16H2,1-4H3/t26-,27+,28+/m1/s1. The molecule has 2 heterocycles. The minimum atomic E-state index is -1.01. The van der Waals surface area contributed by atoms with Crippen LogP contribution in [0, 0.1) is 5.92 Å². The van der Waals surface area contributed by atoms with Crippen LogP contribution in [0.5, 0.6) is 23.0 Å². The Balaban J connectivity index is 1.54. The molecule has 0 aromatic heterocycles. The Morgan fingerprint density at radius 1 is 0.795 bits per heavy atom. The summed E-state index contributed by atoms with van der Waals surface area (Å²) in [5.74, 6) is 0.511. The highest BCUT2D eigenvalue weighted by atomic mass is 16.7. The Hall–Kier alpha value is -4.24. The molecule has 2 saturated heterocycles. The first-order valence-corrected chi connectivity index (χ1v) is 12.9. The molecule has 9 nitrogen and oxygen atoms in total. The lowest BCUT2D eigenvalue weighted by Crippen LogP contribution is -2.37. The minimum absolute atomic E-state index is 0.357. The Labute approximate surface area is 227 Å². The van der Waals surface area contributed by atoms with E-state index in [0.29, 0.717) is 46.5 Å². The van der Waals surface area contributed by atoms with Crippen LogP contribution < -0.4 is 28.9 Å². The van der Waals surface area contributed by atoms with Crippen molar-refractivity contribution in [2.75, 3.05) is 37.9 Å². The van der Waals surface area contributed by atoms with Crippen LogP contribution in [0.1, 0.15) is 31.4 Å². The number of amides is 2. The summed E-state index contributed by atoms with van der Waals surface area (Å²) in [6, 6.07) is 19.1. The van der Waals surface area contributed by atoms with Crippen molar-refractivity contribution < 1.29 is 33.4 Å². The Bertz CT molecular complexity index is 1330. The number of ether oxygens (including phenoxy) is 4. The highest BCUT2D eigenvalue weighted by Gasteiger charge is 2.61. The predicted octanol–water partition coefficient (Wildman–Crippen LogP) is 4.94. The van der Waals surface area contributed by atoms with E-state index in [-0.39, 0.29) is 5.91 Å². The number of carbonyl (C=O) groups is 2. The summed E-state index contributed by atoms with van der Waals surface area (Å²) < 4.78 is 22.5. The fourth-order valence-corrected chi connectivity index (χ4v) is 5.09. The number of rotatable bonds is 10. The monoisotopic (exact) mass is 532 g/mol. The van der Waals surface area contributed by atoms with E-state index in [1.807, 2.05) is 30.3 Å². The van der Waals surface area contributed by atoms with E-state index in [1.165, 1.54) is 4.90 Å². The number of hydrogen-bond acceptors (Lipinski definition) is 8. The second-order valence-corrected chi connectivity index (χ2v) is 9.31. The molecule has 0 bridgehead atoms. The number of carbonyl (C=O) groups excluding carboxylic acids is 2. The molecule has 0 saturated carbocycles. The third kappa shape index (κ3) is 4.74. The van der Waals surface area contributed by atoms with E-state index in [0.717, 1.165) is 12.8 Å². The summed E-state index contributed by atoms with van der Waals surface area (Å²) in [6.07, 6.45) is 0.967. The molecule has 2 amide bonds. The van der Waals surface area contributed by atoms with Crippen LogP contribution in [0.2, 0.25) is 0 Å². The van der Waals surface area contributed by atoms with Crippen LogP contribution in [0.3, 0.4) is 0 Å². The molecule has 0 aliphatic carbocycles. The van der Waals surface area contributed by atoms with Crippen LogP contribution in [0.4, 0.5) is 11.4 Å². The molecule has 204 valence electrons. The molecular weight excluding hydrogens is 500 g/mol. The van der Waals surface area contributed by atoms with Crippen molar-refractivity contribution in [1.82, 2.24) is 0 Å². The van der Waals surface area contributed by atoms with Gasteiger partial charge in [0, 0.05) is 11.6 Å². The number of unbranched alkanes of at least 4 members (excludes halogenated alkanes) is 1. The Morgan fingerprint density at radius 3 is 2.10 bits per heavy atom. The molecule has 2 aliphatic rings. The molecule has 0 radical (unpaired) electrons. The molecule has 2 fully saturated rings. The van der Waals surface area contributed by atoms with Crippen molar-refractivity contribution in [3.05, 3.63) is 72.3 Å². The second kappa shape index (κ2) is 11.2. The van der Waals surface area contributed by atoms with Gasteiger partial charge in [-0.2, -0.15) is 0 Å². The van der Waals surface area contributed by atoms with Crippen LogP contribution in [-0.2, 0) is 14.4 Å². The fraction of sp³-hybridized carbons (Fsp3) is 0.333. The van der Waals surface area contributed by atoms with E-state index in [4.69, 9.17) is 23.8 Å². The van der Waals surface area contributed by atoms with Gasteiger partial charge in [-0.1, -0.05) is 31.5 Å². The first-order valence-electron chi connectivity index (χ1n) is 12.9. The van der Waals surface area contributed by atoms with Crippen LogP contribution >= 0.6 is 0 Å². The second-order valence-electron chi connectivity index (χ2n) is 9.31. The van der Waals surface area contributed by atoms with Crippen molar-refractivity contribution in [3.8, 4) is 23.0 Å². The molecule has 0 unspecified atom stereocenters. The number of imide groups is 1. The van der Waals surface area contributed by atoms with Gasteiger partial charge in [0.05, 0.1) is 39.3 Å². The normalized spacial score (nSPS) is 20.3. The average Bonchev–Trinajstić information content (AvgIpc) is 3.48. The highest BCUT2D eigenvalue weighted by Crippen LogP contribution is 2.51. The van der Waals surface area contributed by atoms with Crippen molar-refractivity contribution in [3.63, 3.8) is 0 Å². The van der Waals surface area contributed by atoms with Crippen molar-refractivity contribution >= 4 is 23.2 Å². The van der Waals surface area contributed by atoms with E-state index in [9.17, 15) is 9.59 Å². The number of benzene rings is 3. The molecule has 0 spiro atoms. The number of para-hydroxylation sites is 1. The van der Waals surface area contributed by atoms with Gasteiger partial charge < -0.3 is 18.9 Å². The smallest absolute Gasteiger partial charge is 0.266 e. The van der Waals surface area contributed by atoms with Gasteiger partial charge in [0.15, 0.2) is 17.6 Å². The maximum Gasteiger partial charge on any atom is 0.266 e. The van der Waals surface area contributed by atoms with E-state index in [1.54, 1.807) is 62.8 Å². The Kier molecular flexibility index (Phi) is 7.60. The molecule has 3 aromatic carbocycles. The van der Waals surface area contributed by atoms with E-state index < -0.39 is 24.0 Å². The summed E-state index contributed by atoms with van der Waals surface area (Å²) in [5.41, 5.74) is 1.80. The molecule has 3 atom stereocenters. The topological polar surface area (TPSA) is 86.8 Å². The number of fused-ring (bicyclic) bond motifs is 1. The van der Waals surface area contributed by atoms with E-state index in [2.05, 4.69) is 6.92 Å². The van der Waals surface area contributed by atoms with Gasteiger partial charge in [-0.25, -0.2) is 9.96 Å². The summed E-state index contributed by atoms with van der Waals surface area (Å²) in [7, 11) is 4.63. The molecular formula is C30H32N2O7. The van der Waals surface area contributed by atoms with Gasteiger partial charge in [0.1, 0.15) is 23.5 Å². The summed E-state index contributed by atoms with van der Waals surface area (Å²) in [4.78, 5) is 35.1. The number of methoxy groups -OCH3 is 3. The maximum atomic E-state index is 14.0.